The zero-order valence-corrected chi connectivity index (χ0v) is 9.92. The Bertz CT molecular complexity index is 463. The molecule has 0 N–H and O–H groups in total. The number of nitriles is 1. The first kappa shape index (κ1) is 13.2. The number of hydrogen-bond acceptors (Lipinski definition) is 3. The molecule has 1 rings (SSSR count). The summed E-state index contributed by atoms with van der Waals surface area (Å²) in [5.74, 6) is -0.856. The number of esters is 1. The van der Waals surface area contributed by atoms with Gasteiger partial charge in [-0.3, -0.25) is 4.79 Å². The van der Waals surface area contributed by atoms with Crippen LogP contribution in [0.15, 0.2) is 12.1 Å². The Balaban J connectivity index is 3.00. The molecule has 0 aliphatic carbocycles. The standard InChI is InChI=1S/C13H14FNO2/c1-3-11-10(8-15)5-9(6-12(11)14)7-13(16)17-4-2/h5-6H,3-4,7H2,1-2H3. The average molecular weight is 235 g/mol. The van der Waals surface area contributed by atoms with Crippen molar-refractivity contribution in [1.29, 1.82) is 5.26 Å². The van der Waals surface area contributed by atoms with Crippen molar-refractivity contribution in [3.63, 3.8) is 0 Å². The van der Waals surface area contributed by atoms with E-state index in [1.807, 2.05) is 6.07 Å². The van der Waals surface area contributed by atoms with E-state index < -0.39 is 11.8 Å². The molecular weight excluding hydrogens is 221 g/mol. The predicted octanol–water partition coefficient (Wildman–Crippen LogP) is 2.37. The Kier molecular flexibility index (Phi) is 4.65. The summed E-state index contributed by atoms with van der Waals surface area (Å²) < 4.78 is 18.4. The summed E-state index contributed by atoms with van der Waals surface area (Å²) in [5, 5.41) is 8.90. The van der Waals surface area contributed by atoms with Crippen LogP contribution < -0.4 is 0 Å². The molecule has 3 nitrogen and oxygen atoms in total. The van der Waals surface area contributed by atoms with Gasteiger partial charge in [-0.2, -0.15) is 5.26 Å². The Morgan fingerprint density at radius 2 is 2.18 bits per heavy atom. The maximum atomic E-state index is 13.6. The van der Waals surface area contributed by atoms with E-state index in [2.05, 4.69) is 0 Å². The van der Waals surface area contributed by atoms with Gasteiger partial charge in [0.2, 0.25) is 0 Å². The average Bonchev–Trinajstić information content (AvgIpc) is 2.28. The van der Waals surface area contributed by atoms with Gasteiger partial charge in [0.1, 0.15) is 5.82 Å². The summed E-state index contributed by atoms with van der Waals surface area (Å²) in [7, 11) is 0. The molecule has 0 fully saturated rings. The number of ether oxygens (including phenoxy) is 1. The molecule has 0 amide bonds. The highest BCUT2D eigenvalue weighted by atomic mass is 19.1. The minimum absolute atomic E-state index is 0.0105. The fraction of sp³-hybridized carbons (Fsp3) is 0.385. The van der Waals surface area contributed by atoms with Gasteiger partial charge in [-0.1, -0.05) is 6.92 Å². The summed E-state index contributed by atoms with van der Waals surface area (Å²) in [4.78, 5) is 11.3. The van der Waals surface area contributed by atoms with Crippen molar-refractivity contribution in [2.45, 2.75) is 26.7 Å². The van der Waals surface area contributed by atoms with E-state index in [0.717, 1.165) is 0 Å². The van der Waals surface area contributed by atoms with E-state index in [9.17, 15) is 9.18 Å². The van der Waals surface area contributed by atoms with Crippen molar-refractivity contribution in [2.75, 3.05) is 6.61 Å². The summed E-state index contributed by atoms with van der Waals surface area (Å²) >= 11 is 0. The molecule has 0 aliphatic rings. The number of carbonyl (C=O) groups is 1. The highest BCUT2D eigenvalue weighted by Crippen LogP contribution is 2.17. The van der Waals surface area contributed by atoms with Crippen LogP contribution in [0.4, 0.5) is 4.39 Å². The minimum Gasteiger partial charge on any atom is -0.466 e. The number of nitrogens with zero attached hydrogens (tertiary/aromatic N) is 1. The maximum Gasteiger partial charge on any atom is 0.310 e. The molecular formula is C13H14FNO2. The van der Waals surface area contributed by atoms with Gasteiger partial charge in [0.25, 0.3) is 0 Å². The van der Waals surface area contributed by atoms with Crippen molar-refractivity contribution in [1.82, 2.24) is 0 Å². The molecule has 1 aromatic carbocycles. The van der Waals surface area contributed by atoms with E-state index in [1.54, 1.807) is 19.9 Å². The van der Waals surface area contributed by atoms with Crippen LogP contribution in [0.1, 0.15) is 30.5 Å². The largest absolute Gasteiger partial charge is 0.466 e. The van der Waals surface area contributed by atoms with Crippen molar-refractivity contribution >= 4 is 5.97 Å². The third kappa shape index (κ3) is 3.28. The summed E-state index contributed by atoms with van der Waals surface area (Å²) in [6.45, 7) is 3.78. The zero-order chi connectivity index (χ0) is 12.8. The second-order valence-electron chi connectivity index (χ2n) is 3.55. The van der Waals surface area contributed by atoms with E-state index in [4.69, 9.17) is 10.00 Å². The lowest BCUT2D eigenvalue weighted by atomic mass is 10.0. The zero-order valence-electron chi connectivity index (χ0n) is 9.92. The Morgan fingerprint density at radius 3 is 2.71 bits per heavy atom. The van der Waals surface area contributed by atoms with Gasteiger partial charge in [0.05, 0.1) is 24.7 Å². The smallest absolute Gasteiger partial charge is 0.310 e. The summed E-state index contributed by atoms with van der Waals surface area (Å²) in [6.07, 6.45) is 0.442. The van der Waals surface area contributed by atoms with E-state index >= 15 is 0 Å². The molecule has 0 radical (unpaired) electrons. The lowest BCUT2D eigenvalue weighted by Gasteiger charge is -2.07. The van der Waals surface area contributed by atoms with Gasteiger partial charge in [-0.25, -0.2) is 4.39 Å². The fourth-order valence-electron chi connectivity index (χ4n) is 1.63. The Labute approximate surface area is 99.8 Å². The lowest BCUT2D eigenvalue weighted by molar-refractivity contribution is -0.142. The molecule has 0 spiro atoms. The third-order valence-corrected chi connectivity index (χ3v) is 2.38. The highest BCUT2D eigenvalue weighted by molar-refractivity contribution is 5.72. The first-order chi connectivity index (χ1) is 8.12. The van der Waals surface area contributed by atoms with Gasteiger partial charge < -0.3 is 4.74 Å². The number of carbonyl (C=O) groups excluding carboxylic acids is 1. The summed E-state index contributed by atoms with van der Waals surface area (Å²) in [6, 6.07) is 4.77. The molecule has 0 heterocycles. The Hall–Kier alpha value is -1.89. The quantitative estimate of drug-likeness (QED) is 0.753. The van der Waals surface area contributed by atoms with E-state index in [-0.39, 0.29) is 12.0 Å². The van der Waals surface area contributed by atoms with Gasteiger partial charge in [0.15, 0.2) is 0 Å². The molecule has 0 bridgehead atoms. The van der Waals surface area contributed by atoms with Crippen LogP contribution in [-0.4, -0.2) is 12.6 Å². The fourth-order valence-corrected chi connectivity index (χ4v) is 1.63. The SMILES string of the molecule is CCOC(=O)Cc1cc(F)c(CC)c(C#N)c1. The number of rotatable bonds is 4. The van der Waals surface area contributed by atoms with Gasteiger partial charge in [-0.05, 0) is 31.0 Å². The van der Waals surface area contributed by atoms with Gasteiger partial charge >= 0.3 is 5.97 Å². The van der Waals surface area contributed by atoms with Crippen LogP contribution in [0, 0.1) is 17.1 Å². The van der Waals surface area contributed by atoms with Crippen LogP contribution in [0.2, 0.25) is 0 Å². The molecule has 1 aromatic rings. The first-order valence-corrected chi connectivity index (χ1v) is 5.49. The normalized spacial score (nSPS) is 9.76. The van der Waals surface area contributed by atoms with Crippen LogP contribution in [-0.2, 0) is 22.4 Å². The van der Waals surface area contributed by atoms with Crippen molar-refractivity contribution in [2.24, 2.45) is 0 Å². The number of hydrogen-bond donors (Lipinski definition) is 0. The second kappa shape index (κ2) is 6.00. The number of halogens is 1. The molecule has 0 atom stereocenters. The van der Waals surface area contributed by atoms with Crippen molar-refractivity contribution in [3.8, 4) is 6.07 Å². The van der Waals surface area contributed by atoms with Crippen LogP contribution >= 0.6 is 0 Å². The second-order valence-corrected chi connectivity index (χ2v) is 3.55. The highest BCUT2D eigenvalue weighted by Gasteiger charge is 2.11. The number of benzene rings is 1. The molecule has 17 heavy (non-hydrogen) atoms. The molecule has 0 saturated carbocycles. The van der Waals surface area contributed by atoms with Crippen molar-refractivity contribution in [3.05, 3.63) is 34.6 Å². The molecule has 0 saturated heterocycles. The molecule has 0 aromatic heterocycles. The molecule has 4 heteroatoms. The molecule has 0 unspecified atom stereocenters. The minimum atomic E-state index is -0.439. The third-order valence-electron chi connectivity index (χ3n) is 2.38. The van der Waals surface area contributed by atoms with E-state index in [1.165, 1.54) is 6.07 Å². The van der Waals surface area contributed by atoms with Crippen LogP contribution in [0.25, 0.3) is 0 Å². The molecule has 90 valence electrons. The van der Waals surface area contributed by atoms with Crippen LogP contribution in [0.5, 0.6) is 0 Å². The van der Waals surface area contributed by atoms with Crippen molar-refractivity contribution < 1.29 is 13.9 Å². The monoisotopic (exact) mass is 235 g/mol. The van der Waals surface area contributed by atoms with E-state index in [0.29, 0.717) is 24.2 Å². The van der Waals surface area contributed by atoms with Gasteiger partial charge in [0, 0.05) is 5.56 Å². The Morgan fingerprint density at radius 1 is 1.47 bits per heavy atom. The lowest BCUT2D eigenvalue weighted by Crippen LogP contribution is -2.08. The topological polar surface area (TPSA) is 50.1 Å². The maximum absolute atomic E-state index is 13.6. The first-order valence-electron chi connectivity index (χ1n) is 5.49. The summed E-state index contributed by atoms with van der Waals surface area (Å²) in [5.41, 5.74) is 1.14. The van der Waals surface area contributed by atoms with Crippen LogP contribution in [0.3, 0.4) is 0 Å². The predicted molar refractivity (Wildman–Crippen MR) is 60.8 cm³/mol. The van der Waals surface area contributed by atoms with Gasteiger partial charge in [-0.15, -0.1) is 0 Å². The molecule has 0 aliphatic heterocycles.